The van der Waals surface area contributed by atoms with E-state index < -0.39 is 12.0 Å². The van der Waals surface area contributed by atoms with E-state index in [1.54, 1.807) is 24.3 Å². The molecule has 0 saturated heterocycles. The Balaban J connectivity index is 1.13. The maximum Gasteiger partial charge on any atom is 0.326 e. The third-order valence-electron chi connectivity index (χ3n) is 12.7. The molecule has 4 aliphatic carbocycles. The Kier molecular flexibility index (Phi) is 10.0. The molecule has 4 aliphatic rings. The second kappa shape index (κ2) is 13.3. The summed E-state index contributed by atoms with van der Waals surface area (Å²) in [5, 5.41) is 37.4. The molecule has 2 amide bonds. The fourth-order valence-corrected chi connectivity index (χ4v) is 10.4. The van der Waals surface area contributed by atoms with Crippen molar-refractivity contribution in [3.05, 3.63) is 29.3 Å². The van der Waals surface area contributed by atoms with Gasteiger partial charge in [0.05, 0.1) is 12.2 Å². The van der Waals surface area contributed by atoms with Gasteiger partial charge in [-0.2, -0.15) is 0 Å². The van der Waals surface area contributed by atoms with Gasteiger partial charge < -0.3 is 26.0 Å². The lowest BCUT2D eigenvalue weighted by molar-refractivity contribution is -0.174. The summed E-state index contributed by atoms with van der Waals surface area (Å²) in [6.45, 7) is 7.08. The molecule has 0 radical (unpaired) electrons. The number of anilines is 1. The van der Waals surface area contributed by atoms with Crippen LogP contribution in [0.25, 0.3) is 0 Å². The van der Waals surface area contributed by atoms with Crippen molar-refractivity contribution in [1.29, 1.82) is 0 Å². The highest BCUT2D eigenvalue weighted by molar-refractivity contribution is 6.30. The van der Waals surface area contributed by atoms with Gasteiger partial charge in [-0.3, -0.25) is 9.59 Å². The highest BCUT2D eigenvalue weighted by Crippen LogP contribution is 2.68. The molecule has 11 atom stereocenters. The Hall–Kier alpha value is -2.16. The lowest BCUT2D eigenvalue weighted by Crippen LogP contribution is -2.58. The molecular weight excluding hydrogens is 580 g/mol. The number of carboxylic acid groups (broad SMARTS) is 1. The summed E-state index contributed by atoms with van der Waals surface area (Å²) in [7, 11) is 0. The van der Waals surface area contributed by atoms with Crippen LogP contribution in [0.4, 0.5) is 5.69 Å². The number of hydrogen-bond acceptors (Lipinski definition) is 5. The smallest absolute Gasteiger partial charge is 0.326 e. The number of carbonyl (C=O) groups excluding carboxylic acids is 2. The summed E-state index contributed by atoms with van der Waals surface area (Å²) in [4.78, 5) is 37.1. The highest BCUT2D eigenvalue weighted by Gasteiger charge is 2.62. The van der Waals surface area contributed by atoms with Crippen LogP contribution in [-0.2, 0) is 14.4 Å². The van der Waals surface area contributed by atoms with Gasteiger partial charge in [-0.25, -0.2) is 4.79 Å². The molecule has 0 heterocycles. The molecule has 0 bridgehead atoms. The van der Waals surface area contributed by atoms with Gasteiger partial charge in [-0.15, -0.1) is 0 Å². The van der Waals surface area contributed by atoms with E-state index in [1.807, 2.05) is 0 Å². The molecule has 1 aromatic carbocycles. The van der Waals surface area contributed by atoms with Crippen molar-refractivity contribution in [2.45, 2.75) is 116 Å². The van der Waals surface area contributed by atoms with E-state index in [4.69, 9.17) is 11.6 Å². The van der Waals surface area contributed by atoms with Crippen molar-refractivity contribution in [2.75, 3.05) is 5.32 Å². The minimum absolute atomic E-state index is 0.00203. The van der Waals surface area contributed by atoms with E-state index in [0.717, 1.165) is 51.4 Å². The molecule has 5 rings (SSSR count). The number of carboxylic acids is 1. The zero-order valence-corrected chi connectivity index (χ0v) is 27.2. The summed E-state index contributed by atoms with van der Waals surface area (Å²) < 4.78 is 0. The topological polar surface area (TPSA) is 136 Å². The molecule has 4 fully saturated rings. The molecule has 9 heteroatoms. The van der Waals surface area contributed by atoms with Gasteiger partial charge in [-0.05, 0) is 135 Å². The Morgan fingerprint density at radius 3 is 2.27 bits per heavy atom. The molecule has 244 valence electrons. The monoisotopic (exact) mass is 630 g/mol. The largest absolute Gasteiger partial charge is 0.480 e. The maximum atomic E-state index is 12.9. The standard InChI is InChI=1S/C35H51ClN2O6/c1-20(4-12-31(42)38-28(33(43)44)11-13-30(41)37-23-7-5-22(36)6-8-23)25-9-10-26-32-27(15-17-35(25,26)3)34(2)16-14-24(39)18-21(34)19-29(32)40/h5-8,20-21,24-29,32,39-40H,4,9-19H2,1-3H3,(H,37,41)(H,38,42)(H,43,44)/t20-,21+,24-,25-,26+,27+,28+,29-,32+,34+,35-/m1/s1. The minimum Gasteiger partial charge on any atom is -0.480 e. The first-order valence-corrected chi connectivity index (χ1v) is 17.1. The zero-order chi connectivity index (χ0) is 31.8. The van der Waals surface area contributed by atoms with Crippen molar-refractivity contribution >= 4 is 35.1 Å². The van der Waals surface area contributed by atoms with Gasteiger partial charge in [0.1, 0.15) is 6.04 Å². The first-order chi connectivity index (χ1) is 20.8. The Morgan fingerprint density at radius 2 is 1.57 bits per heavy atom. The van der Waals surface area contributed by atoms with E-state index in [9.17, 15) is 29.7 Å². The number of carbonyl (C=O) groups is 3. The van der Waals surface area contributed by atoms with E-state index >= 15 is 0 Å². The summed E-state index contributed by atoms with van der Waals surface area (Å²) in [6, 6.07) is 5.54. The average Bonchev–Trinajstić information content (AvgIpc) is 3.33. The molecule has 0 unspecified atom stereocenters. The van der Waals surface area contributed by atoms with Gasteiger partial charge in [-0.1, -0.05) is 32.4 Å². The second-order valence-corrected chi connectivity index (χ2v) is 15.5. The minimum atomic E-state index is -1.15. The third kappa shape index (κ3) is 6.68. The number of aliphatic carboxylic acids is 1. The molecule has 8 nitrogen and oxygen atoms in total. The summed E-state index contributed by atoms with van der Waals surface area (Å²) in [6.07, 6.45) is 8.35. The summed E-state index contributed by atoms with van der Waals surface area (Å²) >= 11 is 5.88. The normalized spacial score (nSPS) is 37.5. The van der Waals surface area contributed by atoms with Crippen LogP contribution >= 0.6 is 11.6 Å². The first kappa shape index (κ1) is 33.2. The predicted octanol–water partition coefficient (Wildman–Crippen LogP) is 6.04. The van der Waals surface area contributed by atoms with E-state index in [0.29, 0.717) is 52.6 Å². The van der Waals surface area contributed by atoms with E-state index in [-0.39, 0.29) is 54.1 Å². The third-order valence-corrected chi connectivity index (χ3v) is 12.9. The molecule has 44 heavy (non-hydrogen) atoms. The van der Waals surface area contributed by atoms with Crippen LogP contribution in [0.2, 0.25) is 5.02 Å². The number of nitrogens with one attached hydrogen (secondary N) is 2. The Labute approximate surface area is 266 Å². The van der Waals surface area contributed by atoms with Gasteiger partial charge in [0.15, 0.2) is 0 Å². The van der Waals surface area contributed by atoms with Crippen LogP contribution in [0.1, 0.15) is 97.8 Å². The number of rotatable bonds is 10. The number of hydrogen-bond donors (Lipinski definition) is 5. The van der Waals surface area contributed by atoms with Crippen LogP contribution in [0.3, 0.4) is 0 Å². The number of aliphatic hydroxyl groups is 2. The first-order valence-electron chi connectivity index (χ1n) is 16.8. The maximum absolute atomic E-state index is 12.9. The van der Waals surface area contributed by atoms with Crippen molar-refractivity contribution < 1.29 is 29.7 Å². The van der Waals surface area contributed by atoms with Crippen LogP contribution in [0.15, 0.2) is 24.3 Å². The number of amides is 2. The SMILES string of the molecule is C[C@H](CCC(=O)N[C@@H](CCC(=O)Nc1ccc(Cl)cc1)C(=O)O)[C@H]1CC[C@H]2[C@@H]3[C@H](O)C[C@@H]4C[C@H](O)CC[C@]4(C)[C@H]3CC[C@]12C. The van der Waals surface area contributed by atoms with Gasteiger partial charge in [0, 0.05) is 23.6 Å². The summed E-state index contributed by atoms with van der Waals surface area (Å²) in [5.41, 5.74) is 0.894. The van der Waals surface area contributed by atoms with Crippen molar-refractivity contribution in [1.82, 2.24) is 5.32 Å². The molecule has 0 aromatic heterocycles. The fourth-order valence-electron chi connectivity index (χ4n) is 10.3. The number of aliphatic hydroxyl groups excluding tert-OH is 2. The summed E-state index contributed by atoms with van der Waals surface area (Å²) in [5.74, 6) is 0.658. The Morgan fingerprint density at radius 1 is 0.909 bits per heavy atom. The van der Waals surface area contributed by atoms with Crippen molar-refractivity contribution in [2.24, 2.45) is 46.3 Å². The number of fused-ring (bicyclic) bond motifs is 5. The fraction of sp³-hybridized carbons (Fsp3) is 0.743. The number of benzene rings is 1. The van der Waals surface area contributed by atoms with Gasteiger partial charge in [0.25, 0.3) is 0 Å². The molecule has 1 aromatic rings. The van der Waals surface area contributed by atoms with Crippen LogP contribution in [0.5, 0.6) is 0 Å². The number of halogens is 1. The van der Waals surface area contributed by atoms with Crippen molar-refractivity contribution in [3.8, 4) is 0 Å². The van der Waals surface area contributed by atoms with Crippen LogP contribution in [0, 0.1) is 46.3 Å². The molecule has 5 N–H and O–H groups in total. The predicted molar refractivity (Wildman–Crippen MR) is 170 cm³/mol. The van der Waals surface area contributed by atoms with E-state index in [1.165, 1.54) is 0 Å². The average molecular weight is 631 g/mol. The molecule has 4 saturated carbocycles. The van der Waals surface area contributed by atoms with Crippen LogP contribution in [-0.4, -0.2) is 51.4 Å². The zero-order valence-electron chi connectivity index (χ0n) is 26.4. The molecular formula is C35H51ClN2O6. The Bertz CT molecular complexity index is 1210. The van der Waals surface area contributed by atoms with Crippen LogP contribution < -0.4 is 10.6 Å². The van der Waals surface area contributed by atoms with Crippen molar-refractivity contribution in [3.63, 3.8) is 0 Å². The van der Waals surface area contributed by atoms with E-state index in [2.05, 4.69) is 31.4 Å². The quantitative estimate of drug-likeness (QED) is 0.214. The lowest BCUT2D eigenvalue weighted by atomic mass is 9.43. The molecule has 0 aliphatic heterocycles. The second-order valence-electron chi connectivity index (χ2n) is 15.0. The van der Waals surface area contributed by atoms with Gasteiger partial charge >= 0.3 is 5.97 Å². The highest BCUT2D eigenvalue weighted by atomic mass is 35.5. The lowest BCUT2D eigenvalue weighted by Gasteiger charge is -2.62. The van der Waals surface area contributed by atoms with Gasteiger partial charge in [0.2, 0.25) is 11.8 Å². The molecule has 0 spiro atoms.